The highest BCUT2D eigenvalue weighted by Gasteiger charge is 2.32. The van der Waals surface area contributed by atoms with Crippen molar-refractivity contribution < 1.29 is 4.79 Å². The molecule has 6 heteroatoms. The fraction of sp³-hybridized carbons (Fsp3) is 0.600. The molecule has 0 aromatic carbocycles. The molecule has 2 saturated heterocycles. The van der Waals surface area contributed by atoms with Crippen LogP contribution in [0.25, 0.3) is 0 Å². The van der Waals surface area contributed by atoms with Gasteiger partial charge >= 0.3 is 0 Å². The van der Waals surface area contributed by atoms with Crippen LogP contribution >= 0.6 is 11.6 Å². The summed E-state index contributed by atoms with van der Waals surface area (Å²) in [6, 6.07) is 2.58. The van der Waals surface area contributed by atoms with Crippen LogP contribution in [0, 0.1) is 0 Å². The van der Waals surface area contributed by atoms with Gasteiger partial charge in [0.25, 0.3) is 5.91 Å². The molecule has 0 bridgehead atoms. The number of carbonyl (C=O) groups excluding carboxylic acids is 1. The van der Waals surface area contributed by atoms with Gasteiger partial charge in [0.15, 0.2) is 0 Å². The number of anilines is 1. The number of hydrogen-bond acceptors (Lipinski definition) is 4. The number of halogens is 1. The Bertz CT molecular complexity index is 536. The fourth-order valence-electron chi connectivity index (χ4n) is 3.37. The normalized spacial score (nSPS) is 25.4. The first-order valence-corrected chi connectivity index (χ1v) is 7.93. The second-order valence-electron chi connectivity index (χ2n) is 5.83. The van der Waals surface area contributed by atoms with Crippen LogP contribution in [0.4, 0.5) is 5.82 Å². The Labute approximate surface area is 130 Å². The van der Waals surface area contributed by atoms with E-state index in [1.807, 2.05) is 0 Å². The van der Waals surface area contributed by atoms with Crippen molar-refractivity contribution in [3.63, 3.8) is 0 Å². The third-order valence-electron chi connectivity index (χ3n) is 4.50. The van der Waals surface area contributed by atoms with Crippen LogP contribution in [0.2, 0.25) is 5.02 Å². The second kappa shape index (κ2) is 6.20. The summed E-state index contributed by atoms with van der Waals surface area (Å²) in [5.41, 5.74) is 0.521. The molecule has 2 N–H and O–H groups in total. The van der Waals surface area contributed by atoms with Crippen LogP contribution < -0.4 is 10.6 Å². The molecule has 0 radical (unpaired) electrons. The summed E-state index contributed by atoms with van der Waals surface area (Å²) in [7, 11) is 1.75. The summed E-state index contributed by atoms with van der Waals surface area (Å²) in [5, 5.41) is 6.48. The van der Waals surface area contributed by atoms with Crippen LogP contribution in [-0.4, -0.2) is 48.0 Å². The van der Waals surface area contributed by atoms with Gasteiger partial charge in [0.1, 0.15) is 5.82 Å². The number of nitrogens with zero attached hydrogens (tertiary/aromatic N) is 2. The number of aromatic nitrogens is 1. The number of hydrogen-bond donors (Lipinski definition) is 2. The predicted molar refractivity (Wildman–Crippen MR) is 83.9 cm³/mol. The van der Waals surface area contributed by atoms with E-state index in [0.717, 1.165) is 19.4 Å². The van der Waals surface area contributed by atoms with Crippen LogP contribution in [-0.2, 0) is 0 Å². The van der Waals surface area contributed by atoms with Crippen molar-refractivity contribution >= 4 is 23.3 Å². The second-order valence-corrected chi connectivity index (χ2v) is 6.24. The van der Waals surface area contributed by atoms with E-state index in [1.165, 1.54) is 19.4 Å². The van der Waals surface area contributed by atoms with Crippen molar-refractivity contribution in [1.82, 2.24) is 15.2 Å². The summed E-state index contributed by atoms with van der Waals surface area (Å²) < 4.78 is 0. The Hall–Kier alpha value is -1.33. The Morgan fingerprint density at radius 2 is 2.29 bits per heavy atom. The van der Waals surface area contributed by atoms with Crippen molar-refractivity contribution in [1.29, 1.82) is 0 Å². The number of amides is 1. The standard InChI is InChI=1S/C15H21ClN4O/c1-17-14-13(16)7-10(9-18-14)15(21)19-11-4-6-20-5-2-3-12(20)8-11/h7,9,11-12H,2-6,8H2,1H3,(H,17,18)(H,19,21). The third-order valence-corrected chi connectivity index (χ3v) is 4.78. The highest BCUT2D eigenvalue weighted by atomic mass is 35.5. The van der Waals surface area contributed by atoms with Gasteiger partial charge in [0, 0.05) is 31.9 Å². The number of carbonyl (C=O) groups is 1. The maximum atomic E-state index is 12.3. The van der Waals surface area contributed by atoms with E-state index in [0.29, 0.717) is 22.4 Å². The van der Waals surface area contributed by atoms with Crippen molar-refractivity contribution in [2.75, 3.05) is 25.5 Å². The molecule has 0 saturated carbocycles. The van der Waals surface area contributed by atoms with E-state index < -0.39 is 0 Å². The zero-order valence-electron chi connectivity index (χ0n) is 12.2. The minimum Gasteiger partial charge on any atom is -0.372 e. The number of piperidine rings is 1. The van der Waals surface area contributed by atoms with Crippen molar-refractivity contribution in [3.05, 3.63) is 22.8 Å². The monoisotopic (exact) mass is 308 g/mol. The molecule has 21 heavy (non-hydrogen) atoms. The van der Waals surface area contributed by atoms with Gasteiger partial charge in [-0.2, -0.15) is 0 Å². The highest BCUT2D eigenvalue weighted by molar-refractivity contribution is 6.33. The van der Waals surface area contributed by atoms with Gasteiger partial charge in [-0.25, -0.2) is 4.98 Å². The van der Waals surface area contributed by atoms with E-state index in [9.17, 15) is 4.79 Å². The first-order chi connectivity index (χ1) is 10.2. The zero-order chi connectivity index (χ0) is 14.8. The van der Waals surface area contributed by atoms with E-state index in [4.69, 9.17) is 11.6 Å². The summed E-state index contributed by atoms with van der Waals surface area (Å²) in [6.45, 7) is 2.31. The molecule has 3 heterocycles. The molecular formula is C15H21ClN4O. The van der Waals surface area contributed by atoms with E-state index in [2.05, 4.69) is 20.5 Å². The average Bonchev–Trinajstić information content (AvgIpc) is 2.94. The molecule has 1 amide bonds. The molecule has 0 aliphatic carbocycles. The lowest BCUT2D eigenvalue weighted by Gasteiger charge is -2.35. The maximum absolute atomic E-state index is 12.3. The topological polar surface area (TPSA) is 57.3 Å². The molecule has 1 aromatic heterocycles. The lowest BCUT2D eigenvalue weighted by atomic mass is 9.97. The zero-order valence-corrected chi connectivity index (χ0v) is 13.0. The van der Waals surface area contributed by atoms with E-state index >= 15 is 0 Å². The van der Waals surface area contributed by atoms with Crippen LogP contribution in [0.3, 0.4) is 0 Å². The maximum Gasteiger partial charge on any atom is 0.253 e. The van der Waals surface area contributed by atoms with Gasteiger partial charge in [-0.1, -0.05) is 11.6 Å². The van der Waals surface area contributed by atoms with Crippen molar-refractivity contribution in [2.24, 2.45) is 0 Å². The van der Waals surface area contributed by atoms with E-state index in [-0.39, 0.29) is 11.9 Å². The lowest BCUT2D eigenvalue weighted by molar-refractivity contribution is 0.0896. The lowest BCUT2D eigenvalue weighted by Crippen LogP contribution is -2.47. The van der Waals surface area contributed by atoms with Gasteiger partial charge in [0.2, 0.25) is 0 Å². The minimum absolute atomic E-state index is 0.0801. The van der Waals surface area contributed by atoms with Gasteiger partial charge in [-0.05, 0) is 38.3 Å². The smallest absolute Gasteiger partial charge is 0.253 e. The molecule has 5 nitrogen and oxygen atoms in total. The number of rotatable bonds is 3. The van der Waals surface area contributed by atoms with Gasteiger partial charge in [0.05, 0.1) is 10.6 Å². The Morgan fingerprint density at radius 3 is 3.05 bits per heavy atom. The molecule has 114 valence electrons. The molecule has 3 rings (SSSR count). The third kappa shape index (κ3) is 3.14. The fourth-order valence-corrected chi connectivity index (χ4v) is 3.63. The molecular weight excluding hydrogens is 288 g/mol. The molecule has 2 aliphatic rings. The number of pyridine rings is 1. The SMILES string of the molecule is CNc1ncc(C(=O)NC2CCN3CCCC3C2)cc1Cl. The first kappa shape index (κ1) is 14.6. The first-order valence-electron chi connectivity index (χ1n) is 7.55. The summed E-state index contributed by atoms with van der Waals surface area (Å²) >= 11 is 6.08. The highest BCUT2D eigenvalue weighted by Crippen LogP contribution is 2.27. The van der Waals surface area contributed by atoms with Crippen LogP contribution in [0.1, 0.15) is 36.0 Å². The van der Waals surface area contributed by atoms with Crippen LogP contribution in [0.15, 0.2) is 12.3 Å². The molecule has 2 atom stereocenters. The van der Waals surface area contributed by atoms with Crippen LogP contribution in [0.5, 0.6) is 0 Å². The summed E-state index contributed by atoms with van der Waals surface area (Å²) in [5.74, 6) is 0.510. The van der Waals surface area contributed by atoms with Crippen molar-refractivity contribution in [2.45, 2.75) is 37.8 Å². The molecule has 2 unspecified atom stereocenters. The number of nitrogens with one attached hydrogen (secondary N) is 2. The minimum atomic E-state index is -0.0801. The molecule has 2 aliphatic heterocycles. The Kier molecular flexibility index (Phi) is 4.31. The van der Waals surface area contributed by atoms with Gasteiger partial charge in [-0.3, -0.25) is 4.79 Å². The molecule has 0 spiro atoms. The quantitative estimate of drug-likeness (QED) is 0.898. The molecule has 2 fully saturated rings. The summed E-state index contributed by atoms with van der Waals surface area (Å²) in [4.78, 5) is 19.0. The van der Waals surface area contributed by atoms with Gasteiger partial charge < -0.3 is 15.5 Å². The Morgan fingerprint density at radius 1 is 1.43 bits per heavy atom. The average molecular weight is 309 g/mol. The van der Waals surface area contributed by atoms with E-state index in [1.54, 1.807) is 19.3 Å². The number of fused-ring (bicyclic) bond motifs is 1. The predicted octanol–water partition coefficient (Wildman–Crippen LogP) is 2.13. The largest absolute Gasteiger partial charge is 0.372 e. The Balaban J connectivity index is 1.62. The summed E-state index contributed by atoms with van der Waals surface area (Å²) in [6.07, 6.45) is 6.20. The van der Waals surface area contributed by atoms with Gasteiger partial charge in [-0.15, -0.1) is 0 Å². The van der Waals surface area contributed by atoms with Crippen molar-refractivity contribution in [3.8, 4) is 0 Å². The molecule has 1 aromatic rings.